The number of rotatable bonds is 5. The van der Waals surface area contributed by atoms with E-state index in [2.05, 4.69) is 17.4 Å². The van der Waals surface area contributed by atoms with Gasteiger partial charge in [0.2, 0.25) is 11.7 Å². The molecule has 1 aliphatic carbocycles. The van der Waals surface area contributed by atoms with E-state index >= 15 is 0 Å². The molecule has 0 aliphatic heterocycles. The van der Waals surface area contributed by atoms with Gasteiger partial charge in [0.05, 0.1) is 6.54 Å². The SMILES string of the molecule is O=C(CC1CCc2ccccc21)NCc1ccc(C(=O)O)o1. The fourth-order valence-electron chi connectivity index (χ4n) is 2.93. The molecule has 1 unspecified atom stereocenters. The molecule has 3 rings (SSSR count). The van der Waals surface area contributed by atoms with Crippen molar-refractivity contribution in [3.63, 3.8) is 0 Å². The summed E-state index contributed by atoms with van der Waals surface area (Å²) in [5.41, 5.74) is 2.60. The third kappa shape index (κ3) is 3.03. The number of nitrogens with one attached hydrogen (secondary N) is 1. The Balaban J connectivity index is 1.54. The maximum Gasteiger partial charge on any atom is 0.371 e. The first-order chi connectivity index (χ1) is 10.6. The first-order valence-electron chi connectivity index (χ1n) is 7.30. The van der Waals surface area contributed by atoms with E-state index in [4.69, 9.17) is 9.52 Å². The molecular weight excluding hydrogens is 282 g/mol. The maximum absolute atomic E-state index is 12.1. The Morgan fingerprint density at radius 2 is 2.05 bits per heavy atom. The molecule has 22 heavy (non-hydrogen) atoms. The Morgan fingerprint density at radius 1 is 1.23 bits per heavy atom. The Kier molecular flexibility index (Phi) is 3.96. The lowest BCUT2D eigenvalue weighted by Crippen LogP contribution is -2.24. The molecule has 0 spiro atoms. The number of aromatic carboxylic acids is 1. The smallest absolute Gasteiger partial charge is 0.371 e. The Labute approximate surface area is 127 Å². The van der Waals surface area contributed by atoms with Crippen LogP contribution in [0.5, 0.6) is 0 Å². The monoisotopic (exact) mass is 299 g/mol. The van der Waals surface area contributed by atoms with Crippen LogP contribution in [0.2, 0.25) is 0 Å². The number of hydrogen-bond acceptors (Lipinski definition) is 3. The first kappa shape index (κ1) is 14.4. The minimum absolute atomic E-state index is 0.0463. The molecule has 0 fully saturated rings. The topological polar surface area (TPSA) is 79.5 Å². The summed E-state index contributed by atoms with van der Waals surface area (Å²) in [4.78, 5) is 22.8. The van der Waals surface area contributed by atoms with Crippen molar-refractivity contribution in [1.29, 1.82) is 0 Å². The zero-order valence-electron chi connectivity index (χ0n) is 12.0. The average molecular weight is 299 g/mol. The molecule has 0 saturated heterocycles. The molecule has 1 aromatic heterocycles. The van der Waals surface area contributed by atoms with Gasteiger partial charge in [0, 0.05) is 6.42 Å². The molecule has 5 heteroatoms. The van der Waals surface area contributed by atoms with Crippen LogP contribution >= 0.6 is 0 Å². The van der Waals surface area contributed by atoms with Crippen LogP contribution in [0.3, 0.4) is 0 Å². The summed E-state index contributed by atoms with van der Waals surface area (Å²) in [5, 5.41) is 11.6. The van der Waals surface area contributed by atoms with Crippen molar-refractivity contribution < 1.29 is 19.1 Å². The van der Waals surface area contributed by atoms with Crippen molar-refractivity contribution >= 4 is 11.9 Å². The van der Waals surface area contributed by atoms with Crippen molar-refractivity contribution in [1.82, 2.24) is 5.32 Å². The van der Waals surface area contributed by atoms with Gasteiger partial charge in [0.25, 0.3) is 0 Å². The molecular formula is C17H17NO4. The van der Waals surface area contributed by atoms with Gasteiger partial charge in [0.15, 0.2) is 0 Å². The van der Waals surface area contributed by atoms with E-state index in [1.165, 1.54) is 17.2 Å². The van der Waals surface area contributed by atoms with Gasteiger partial charge in [-0.15, -0.1) is 0 Å². The van der Waals surface area contributed by atoms with Gasteiger partial charge in [-0.2, -0.15) is 0 Å². The Morgan fingerprint density at radius 3 is 2.82 bits per heavy atom. The van der Waals surface area contributed by atoms with Crippen LogP contribution in [0.25, 0.3) is 0 Å². The number of aryl methyl sites for hydroxylation is 1. The van der Waals surface area contributed by atoms with Gasteiger partial charge >= 0.3 is 5.97 Å². The second-order valence-corrected chi connectivity index (χ2v) is 5.49. The van der Waals surface area contributed by atoms with Gasteiger partial charge in [-0.3, -0.25) is 4.79 Å². The van der Waals surface area contributed by atoms with E-state index in [0.717, 1.165) is 12.8 Å². The standard InChI is InChI=1S/C17H17NO4/c19-16(18-10-13-7-8-15(22-13)17(20)21)9-12-6-5-11-3-1-2-4-14(11)12/h1-4,7-8,12H,5-6,9-10H2,(H,18,19)(H,20,21). The summed E-state index contributed by atoms with van der Waals surface area (Å²) < 4.78 is 5.11. The van der Waals surface area contributed by atoms with Crippen LogP contribution in [0.4, 0.5) is 0 Å². The summed E-state index contributed by atoms with van der Waals surface area (Å²) in [5.74, 6) is -0.566. The highest BCUT2D eigenvalue weighted by atomic mass is 16.4. The molecule has 0 saturated carbocycles. The summed E-state index contributed by atoms with van der Waals surface area (Å²) in [6.45, 7) is 0.209. The number of amides is 1. The normalized spacial score (nSPS) is 16.3. The van der Waals surface area contributed by atoms with Crippen LogP contribution < -0.4 is 5.32 Å². The fraction of sp³-hybridized carbons (Fsp3) is 0.294. The molecule has 2 N–H and O–H groups in total. The lowest BCUT2D eigenvalue weighted by molar-refractivity contribution is -0.121. The largest absolute Gasteiger partial charge is 0.475 e. The van der Waals surface area contributed by atoms with Gasteiger partial charge in [-0.05, 0) is 42.0 Å². The number of benzene rings is 1. The second kappa shape index (κ2) is 6.05. The van der Waals surface area contributed by atoms with Crippen molar-refractivity contribution in [3.05, 3.63) is 59.0 Å². The van der Waals surface area contributed by atoms with Crippen LogP contribution in [0, 0.1) is 0 Å². The first-order valence-corrected chi connectivity index (χ1v) is 7.30. The molecule has 114 valence electrons. The lowest BCUT2D eigenvalue weighted by Gasteiger charge is -2.11. The van der Waals surface area contributed by atoms with Crippen molar-refractivity contribution in [2.24, 2.45) is 0 Å². The van der Waals surface area contributed by atoms with E-state index in [0.29, 0.717) is 12.2 Å². The molecule has 0 bridgehead atoms. The molecule has 0 radical (unpaired) electrons. The minimum Gasteiger partial charge on any atom is -0.475 e. The number of furan rings is 1. The minimum atomic E-state index is -1.11. The molecule has 1 aliphatic rings. The van der Waals surface area contributed by atoms with Gasteiger partial charge < -0.3 is 14.8 Å². The molecule has 2 aromatic rings. The fourth-order valence-corrected chi connectivity index (χ4v) is 2.93. The number of carbonyl (C=O) groups is 2. The molecule has 1 amide bonds. The quantitative estimate of drug-likeness (QED) is 0.889. The van der Waals surface area contributed by atoms with Crippen LogP contribution in [0.15, 0.2) is 40.8 Å². The Bertz CT molecular complexity index is 704. The number of fused-ring (bicyclic) bond motifs is 1. The number of carboxylic acid groups (broad SMARTS) is 1. The number of carbonyl (C=O) groups excluding carboxylic acids is 1. The zero-order valence-corrected chi connectivity index (χ0v) is 12.0. The number of carboxylic acids is 1. The zero-order chi connectivity index (χ0) is 15.5. The predicted molar refractivity (Wildman–Crippen MR) is 79.6 cm³/mol. The van der Waals surface area contributed by atoms with E-state index in [-0.39, 0.29) is 24.1 Å². The Hall–Kier alpha value is -2.56. The highest BCUT2D eigenvalue weighted by Gasteiger charge is 2.24. The molecule has 1 heterocycles. The molecule has 5 nitrogen and oxygen atoms in total. The van der Waals surface area contributed by atoms with Gasteiger partial charge in [-0.1, -0.05) is 24.3 Å². The van der Waals surface area contributed by atoms with Crippen LogP contribution in [-0.4, -0.2) is 17.0 Å². The van der Waals surface area contributed by atoms with E-state index < -0.39 is 5.97 Å². The van der Waals surface area contributed by atoms with E-state index in [1.807, 2.05) is 12.1 Å². The summed E-state index contributed by atoms with van der Waals surface area (Å²) in [7, 11) is 0. The highest BCUT2D eigenvalue weighted by Crippen LogP contribution is 2.35. The van der Waals surface area contributed by atoms with E-state index in [1.54, 1.807) is 6.07 Å². The number of hydrogen-bond donors (Lipinski definition) is 2. The van der Waals surface area contributed by atoms with Gasteiger partial charge in [0.1, 0.15) is 5.76 Å². The van der Waals surface area contributed by atoms with Crippen LogP contribution in [-0.2, 0) is 17.8 Å². The average Bonchev–Trinajstić information content (AvgIpc) is 3.13. The van der Waals surface area contributed by atoms with E-state index in [9.17, 15) is 9.59 Å². The third-order valence-corrected chi connectivity index (χ3v) is 4.02. The third-order valence-electron chi connectivity index (χ3n) is 4.02. The second-order valence-electron chi connectivity index (χ2n) is 5.49. The van der Waals surface area contributed by atoms with Crippen molar-refractivity contribution in [3.8, 4) is 0 Å². The molecule has 1 atom stereocenters. The summed E-state index contributed by atoms with van der Waals surface area (Å²) in [6, 6.07) is 11.2. The predicted octanol–water partition coefficient (Wildman–Crippen LogP) is 2.71. The summed E-state index contributed by atoms with van der Waals surface area (Å²) in [6.07, 6.45) is 2.47. The lowest BCUT2D eigenvalue weighted by atomic mass is 9.97. The van der Waals surface area contributed by atoms with Crippen LogP contribution in [0.1, 0.15) is 46.2 Å². The molecule has 1 aromatic carbocycles. The van der Waals surface area contributed by atoms with Gasteiger partial charge in [-0.25, -0.2) is 4.79 Å². The van der Waals surface area contributed by atoms with Crippen molar-refractivity contribution in [2.75, 3.05) is 0 Å². The summed E-state index contributed by atoms with van der Waals surface area (Å²) >= 11 is 0. The highest BCUT2D eigenvalue weighted by molar-refractivity contribution is 5.84. The van der Waals surface area contributed by atoms with Crippen molar-refractivity contribution in [2.45, 2.75) is 31.7 Å². The maximum atomic E-state index is 12.1.